The third kappa shape index (κ3) is 4.68. The number of nitrogens with one attached hydrogen (secondary N) is 2. The number of halogens is 1. The summed E-state index contributed by atoms with van der Waals surface area (Å²) in [6.45, 7) is 0. The van der Waals surface area contributed by atoms with Crippen molar-refractivity contribution in [1.29, 1.82) is 0 Å². The highest BCUT2D eigenvalue weighted by Gasteiger charge is 2.10. The van der Waals surface area contributed by atoms with Gasteiger partial charge in [0.25, 0.3) is 5.91 Å². The average molecular weight is 427 g/mol. The summed E-state index contributed by atoms with van der Waals surface area (Å²) in [5, 5.41) is 10.7. The molecule has 0 aliphatic carbocycles. The molecular formula is C19H15BrN4O3. The number of ether oxygens (including phenoxy) is 1. The highest BCUT2D eigenvalue weighted by atomic mass is 79.9. The summed E-state index contributed by atoms with van der Waals surface area (Å²) >= 11 is 3.38. The van der Waals surface area contributed by atoms with Crippen LogP contribution in [-0.2, 0) is 4.74 Å². The maximum atomic E-state index is 12.2. The van der Waals surface area contributed by atoms with Crippen LogP contribution in [0.25, 0.3) is 11.3 Å². The van der Waals surface area contributed by atoms with E-state index in [0.29, 0.717) is 17.0 Å². The first kappa shape index (κ1) is 18.5. The molecule has 0 fully saturated rings. The Morgan fingerprint density at radius 2 is 1.85 bits per heavy atom. The van der Waals surface area contributed by atoms with Crippen molar-refractivity contribution in [3.05, 3.63) is 75.9 Å². The van der Waals surface area contributed by atoms with Gasteiger partial charge >= 0.3 is 5.97 Å². The molecule has 0 spiro atoms. The van der Waals surface area contributed by atoms with E-state index in [9.17, 15) is 9.59 Å². The summed E-state index contributed by atoms with van der Waals surface area (Å²) in [7, 11) is 1.32. The van der Waals surface area contributed by atoms with Crippen molar-refractivity contribution in [3.8, 4) is 11.3 Å². The summed E-state index contributed by atoms with van der Waals surface area (Å²) in [6.07, 6.45) is 1.48. The Bertz CT molecular complexity index is 979. The lowest BCUT2D eigenvalue weighted by Crippen LogP contribution is -2.18. The van der Waals surface area contributed by atoms with E-state index in [1.165, 1.54) is 13.3 Å². The van der Waals surface area contributed by atoms with Gasteiger partial charge in [0.1, 0.15) is 5.69 Å². The molecule has 2 N–H and O–H groups in total. The standard InChI is InChI=1S/C19H15BrN4O3/c1-27-19(26)14-4-2-12(3-5-14)11-21-24-18(25)17-10-16(22-23-17)13-6-8-15(20)9-7-13/h2-11H,1H3,(H,22,23)(H,24,25). The number of amides is 1. The minimum absolute atomic E-state index is 0.297. The van der Waals surface area contributed by atoms with Crippen LogP contribution in [0.4, 0.5) is 0 Å². The number of aromatic nitrogens is 2. The topological polar surface area (TPSA) is 96.4 Å². The van der Waals surface area contributed by atoms with Gasteiger partial charge in [-0.05, 0) is 35.9 Å². The fraction of sp³-hybridized carbons (Fsp3) is 0.0526. The molecule has 1 heterocycles. The molecule has 27 heavy (non-hydrogen) atoms. The molecule has 1 aromatic heterocycles. The van der Waals surface area contributed by atoms with Crippen LogP contribution < -0.4 is 5.43 Å². The van der Waals surface area contributed by atoms with Gasteiger partial charge in [-0.15, -0.1) is 0 Å². The quantitative estimate of drug-likeness (QED) is 0.371. The second-order valence-electron chi connectivity index (χ2n) is 5.49. The summed E-state index contributed by atoms with van der Waals surface area (Å²) in [4.78, 5) is 23.5. The van der Waals surface area contributed by atoms with E-state index in [1.54, 1.807) is 30.3 Å². The number of methoxy groups -OCH3 is 1. The van der Waals surface area contributed by atoms with Gasteiger partial charge in [0.15, 0.2) is 0 Å². The Balaban J connectivity index is 1.61. The van der Waals surface area contributed by atoms with Gasteiger partial charge < -0.3 is 4.74 Å². The molecule has 3 aromatic rings. The predicted octanol–water partition coefficient (Wildman–Crippen LogP) is 3.39. The third-order valence-corrected chi connectivity index (χ3v) is 4.20. The monoisotopic (exact) mass is 426 g/mol. The fourth-order valence-corrected chi connectivity index (χ4v) is 2.52. The van der Waals surface area contributed by atoms with E-state index in [4.69, 9.17) is 0 Å². The third-order valence-electron chi connectivity index (χ3n) is 3.67. The first-order valence-electron chi connectivity index (χ1n) is 7.90. The Hall–Kier alpha value is -3.26. The van der Waals surface area contributed by atoms with Crippen LogP contribution in [0.15, 0.2) is 64.2 Å². The maximum Gasteiger partial charge on any atom is 0.337 e. The number of nitrogens with zero attached hydrogens (tertiary/aromatic N) is 2. The highest BCUT2D eigenvalue weighted by molar-refractivity contribution is 9.10. The number of H-pyrrole nitrogens is 1. The van der Waals surface area contributed by atoms with Crippen molar-refractivity contribution in [2.75, 3.05) is 7.11 Å². The number of carbonyl (C=O) groups excluding carboxylic acids is 2. The number of carbonyl (C=O) groups is 2. The molecular weight excluding hydrogens is 412 g/mol. The highest BCUT2D eigenvalue weighted by Crippen LogP contribution is 2.20. The molecule has 0 unspecified atom stereocenters. The molecule has 0 saturated carbocycles. The maximum absolute atomic E-state index is 12.2. The van der Waals surface area contributed by atoms with Crippen molar-refractivity contribution in [2.24, 2.45) is 5.10 Å². The molecule has 0 atom stereocenters. The van der Waals surface area contributed by atoms with Crippen molar-refractivity contribution in [1.82, 2.24) is 15.6 Å². The van der Waals surface area contributed by atoms with Gasteiger partial charge in [-0.3, -0.25) is 9.89 Å². The summed E-state index contributed by atoms with van der Waals surface area (Å²) in [5.74, 6) is -0.819. The smallest absolute Gasteiger partial charge is 0.337 e. The molecule has 0 bridgehead atoms. The van der Waals surface area contributed by atoms with E-state index in [2.05, 4.69) is 41.4 Å². The lowest BCUT2D eigenvalue weighted by Gasteiger charge is -1.99. The van der Waals surface area contributed by atoms with Gasteiger partial charge in [-0.2, -0.15) is 10.2 Å². The number of esters is 1. The van der Waals surface area contributed by atoms with Crippen LogP contribution >= 0.6 is 15.9 Å². The Labute approximate surface area is 163 Å². The summed E-state index contributed by atoms with van der Waals surface area (Å²) in [5.41, 5.74) is 5.45. The molecule has 0 saturated heterocycles. The minimum Gasteiger partial charge on any atom is -0.465 e. The van der Waals surface area contributed by atoms with Crippen molar-refractivity contribution < 1.29 is 14.3 Å². The molecule has 2 aromatic carbocycles. The van der Waals surface area contributed by atoms with E-state index in [1.807, 2.05) is 24.3 Å². The SMILES string of the molecule is COC(=O)c1ccc(C=NNC(=O)c2cc(-c3ccc(Br)cc3)n[nH]2)cc1. The largest absolute Gasteiger partial charge is 0.465 e. The van der Waals surface area contributed by atoms with Gasteiger partial charge in [0.05, 0.1) is 24.6 Å². The summed E-state index contributed by atoms with van der Waals surface area (Å²) < 4.78 is 5.60. The minimum atomic E-state index is -0.410. The van der Waals surface area contributed by atoms with Gasteiger partial charge in [-0.25, -0.2) is 10.2 Å². The first-order chi connectivity index (χ1) is 13.1. The van der Waals surface area contributed by atoms with E-state index in [-0.39, 0.29) is 0 Å². The zero-order valence-electron chi connectivity index (χ0n) is 14.3. The molecule has 3 rings (SSSR count). The molecule has 136 valence electrons. The first-order valence-corrected chi connectivity index (χ1v) is 8.69. The molecule has 0 radical (unpaired) electrons. The lowest BCUT2D eigenvalue weighted by molar-refractivity contribution is 0.0600. The van der Waals surface area contributed by atoms with Crippen molar-refractivity contribution in [3.63, 3.8) is 0 Å². The van der Waals surface area contributed by atoms with Crippen LogP contribution in [0.2, 0.25) is 0 Å². The molecule has 7 nitrogen and oxygen atoms in total. The van der Waals surface area contributed by atoms with Crippen LogP contribution in [0, 0.1) is 0 Å². The number of hydrogen-bond donors (Lipinski definition) is 2. The molecule has 8 heteroatoms. The lowest BCUT2D eigenvalue weighted by atomic mass is 10.1. The zero-order chi connectivity index (χ0) is 19.2. The van der Waals surface area contributed by atoms with Crippen LogP contribution in [0.5, 0.6) is 0 Å². The van der Waals surface area contributed by atoms with E-state index in [0.717, 1.165) is 15.6 Å². The fourth-order valence-electron chi connectivity index (χ4n) is 2.26. The van der Waals surface area contributed by atoms with Crippen molar-refractivity contribution >= 4 is 34.0 Å². The Kier molecular flexibility index (Phi) is 5.77. The second kappa shape index (κ2) is 8.41. The average Bonchev–Trinajstić information content (AvgIpc) is 3.19. The van der Waals surface area contributed by atoms with Crippen LogP contribution in [0.1, 0.15) is 26.4 Å². The molecule has 0 aliphatic heterocycles. The number of aromatic amines is 1. The number of hydrogen-bond acceptors (Lipinski definition) is 5. The van der Waals surface area contributed by atoms with Crippen LogP contribution in [-0.4, -0.2) is 35.4 Å². The van der Waals surface area contributed by atoms with E-state index >= 15 is 0 Å². The van der Waals surface area contributed by atoms with Crippen LogP contribution in [0.3, 0.4) is 0 Å². The predicted molar refractivity (Wildman–Crippen MR) is 105 cm³/mol. The van der Waals surface area contributed by atoms with Gasteiger partial charge in [0, 0.05) is 10.0 Å². The molecule has 0 aliphatic rings. The number of rotatable bonds is 5. The number of hydrazone groups is 1. The Morgan fingerprint density at radius 3 is 2.52 bits per heavy atom. The zero-order valence-corrected chi connectivity index (χ0v) is 15.9. The van der Waals surface area contributed by atoms with Gasteiger partial charge in [0.2, 0.25) is 0 Å². The van der Waals surface area contributed by atoms with E-state index < -0.39 is 11.9 Å². The van der Waals surface area contributed by atoms with Gasteiger partial charge in [-0.1, -0.05) is 40.2 Å². The normalized spacial score (nSPS) is 10.7. The van der Waals surface area contributed by atoms with Crippen molar-refractivity contribution in [2.45, 2.75) is 0 Å². The molecule has 1 amide bonds. The Morgan fingerprint density at radius 1 is 1.15 bits per heavy atom. The number of benzene rings is 2. The second-order valence-corrected chi connectivity index (χ2v) is 6.40. The summed E-state index contributed by atoms with van der Waals surface area (Å²) in [6, 6.07) is 15.9.